The van der Waals surface area contributed by atoms with Gasteiger partial charge in [-0.1, -0.05) is 13.3 Å². The van der Waals surface area contributed by atoms with E-state index in [-0.39, 0.29) is 11.7 Å². The average Bonchev–Trinajstić information content (AvgIpc) is 3.05. The molecule has 0 saturated carbocycles. The first-order valence-corrected chi connectivity index (χ1v) is 10.5. The number of halogens is 2. The van der Waals surface area contributed by atoms with Crippen molar-refractivity contribution in [2.24, 2.45) is 4.99 Å². The lowest BCUT2D eigenvalue weighted by Crippen LogP contribution is -2.46. The SMILES string of the molecule is CCCCN1CCN(c2ccc(N=CC3C(=O)Nc4ccc(F)cc43)cc2F)CC1. The first-order chi connectivity index (χ1) is 14.5. The van der Waals surface area contributed by atoms with Crippen LogP contribution in [-0.2, 0) is 4.79 Å². The van der Waals surface area contributed by atoms with Crippen LogP contribution in [0.5, 0.6) is 0 Å². The Morgan fingerprint density at radius 3 is 2.67 bits per heavy atom. The summed E-state index contributed by atoms with van der Waals surface area (Å²) in [6.07, 6.45) is 3.82. The van der Waals surface area contributed by atoms with Crippen LogP contribution in [0, 0.1) is 11.6 Å². The Hall–Kier alpha value is -2.80. The van der Waals surface area contributed by atoms with Gasteiger partial charge in [0, 0.05) is 44.1 Å². The molecule has 0 spiro atoms. The largest absolute Gasteiger partial charge is 0.367 e. The topological polar surface area (TPSA) is 47.9 Å². The van der Waals surface area contributed by atoms with Crippen molar-refractivity contribution in [1.82, 2.24) is 4.90 Å². The Morgan fingerprint density at radius 1 is 1.13 bits per heavy atom. The average molecular weight is 412 g/mol. The summed E-state index contributed by atoms with van der Waals surface area (Å²) >= 11 is 0. The van der Waals surface area contributed by atoms with Crippen LogP contribution in [0.1, 0.15) is 31.2 Å². The second kappa shape index (κ2) is 8.92. The third-order valence-electron chi connectivity index (χ3n) is 5.73. The molecule has 2 aromatic rings. The van der Waals surface area contributed by atoms with Crippen LogP contribution >= 0.6 is 0 Å². The first kappa shape index (κ1) is 20.5. The molecule has 1 atom stereocenters. The quantitative estimate of drug-likeness (QED) is 0.719. The van der Waals surface area contributed by atoms with Crippen molar-refractivity contribution < 1.29 is 13.6 Å². The van der Waals surface area contributed by atoms with E-state index in [1.54, 1.807) is 12.1 Å². The number of anilines is 2. The van der Waals surface area contributed by atoms with Gasteiger partial charge in [0.2, 0.25) is 5.91 Å². The number of benzene rings is 2. The standard InChI is InChI=1S/C23H26F2N4O/c1-2-3-8-28-9-11-29(12-10-28)22-7-5-17(14-20(22)25)26-15-19-18-13-16(24)4-6-21(18)27-23(19)30/h4-7,13-15,19H,2-3,8-12H2,1H3,(H,27,30). The molecule has 0 aliphatic carbocycles. The van der Waals surface area contributed by atoms with Crippen LogP contribution < -0.4 is 10.2 Å². The van der Waals surface area contributed by atoms with Crippen molar-refractivity contribution in [3.63, 3.8) is 0 Å². The van der Waals surface area contributed by atoms with Crippen molar-refractivity contribution in [3.8, 4) is 0 Å². The maximum atomic E-state index is 14.7. The minimum absolute atomic E-state index is 0.266. The Labute approximate surface area is 175 Å². The van der Waals surface area contributed by atoms with Crippen LogP contribution in [0.25, 0.3) is 0 Å². The van der Waals surface area contributed by atoms with Gasteiger partial charge in [-0.2, -0.15) is 0 Å². The molecule has 1 amide bonds. The fourth-order valence-electron chi connectivity index (χ4n) is 3.99. The number of carbonyl (C=O) groups is 1. The third-order valence-corrected chi connectivity index (χ3v) is 5.73. The molecule has 5 nitrogen and oxygen atoms in total. The van der Waals surface area contributed by atoms with Crippen molar-refractivity contribution in [3.05, 3.63) is 53.6 Å². The third kappa shape index (κ3) is 4.36. The minimum atomic E-state index is -0.686. The van der Waals surface area contributed by atoms with Gasteiger partial charge in [-0.25, -0.2) is 8.78 Å². The fraction of sp³-hybridized carbons (Fsp3) is 0.391. The van der Waals surface area contributed by atoms with Crippen LogP contribution in [-0.4, -0.2) is 49.7 Å². The molecular formula is C23H26F2N4O. The van der Waals surface area contributed by atoms with E-state index in [1.807, 2.05) is 0 Å². The number of hydrogen-bond donors (Lipinski definition) is 1. The predicted molar refractivity (Wildman–Crippen MR) is 116 cm³/mol. The predicted octanol–water partition coefficient (Wildman–Crippen LogP) is 4.33. The summed E-state index contributed by atoms with van der Waals surface area (Å²) in [6.45, 7) is 6.76. The maximum absolute atomic E-state index is 14.7. The van der Waals surface area contributed by atoms with E-state index in [2.05, 4.69) is 27.0 Å². The number of unbranched alkanes of at least 4 members (excludes halogenated alkanes) is 1. The first-order valence-electron chi connectivity index (χ1n) is 10.5. The van der Waals surface area contributed by atoms with Gasteiger partial charge in [-0.3, -0.25) is 14.7 Å². The molecule has 30 heavy (non-hydrogen) atoms. The number of piperazine rings is 1. The number of aliphatic imine (C=N–C) groups is 1. The van der Waals surface area contributed by atoms with Gasteiger partial charge in [0.25, 0.3) is 0 Å². The summed E-state index contributed by atoms with van der Waals surface area (Å²) in [5.74, 6) is -1.69. The molecule has 1 fully saturated rings. The lowest BCUT2D eigenvalue weighted by molar-refractivity contribution is -0.115. The molecule has 7 heteroatoms. The van der Waals surface area contributed by atoms with Crippen molar-refractivity contribution in [1.29, 1.82) is 0 Å². The summed E-state index contributed by atoms with van der Waals surface area (Å²) in [6, 6.07) is 9.04. The number of amides is 1. The number of nitrogens with one attached hydrogen (secondary N) is 1. The van der Waals surface area contributed by atoms with E-state index in [1.165, 1.54) is 43.3 Å². The molecule has 1 N–H and O–H groups in total. The summed E-state index contributed by atoms with van der Waals surface area (Å²) < 4.78 is 28.3. The lowest BCUT2D eigenvalue weighted by Gasteiger charge is -2.36. The van der Waals surface area contributed by atoms with Crippen LogP contribution in [0.4, 0.5) is 25.8 Å². The van der Waals surface area contributed by atoms with Crippen molar-refractivity contribution in [2.75, 3.05) is 42.9 Å². The highest BCUT2D eigenvalue weighted by atomic mass is 19.1. The van der Waals surface area contributed by atoms with Crippen LogP contribution in [0.3, 0.4) is 0 Å². The zero-order valence-electron chi connectivity index (χ0n) is 17.1. The molecule has 1 saturated heterocycles. The number of rotatable bonds is 6. The lowest BCUT2D eigenvalue weighted by atomic mass is 10.0. The van der Waals surface area contributed by atoms with E-state index in [0.29, 0.717) is 22.6 Å². The fourth-order valence-corrected chi connectivity index (χ4v) is 3.99. The summed E-state index contributed by atoms with van der Waals surface area (Å²) in [4.78, 5) is 20.9. The zero-order valence-corrected chi connectivity index (χ0v) is 17.1. The summed E-state index contributed by atoms with van der Waals surface area (Å²) in [7, 11) is 0. The molecule has 2 aliphatic rings. The normalized spacial score (nSPS) is 19.4. The molecule has 158 valence electrons. The van der Waals surface area contributed by atoms with Gasteiger partial charge in [0.1, 0.15) is 17.6 Å². The number of carbonyl (C=O) groups excluding carboxylic acids is 1. The molecule has 0 aromatic heterocycles. The Morgan fingerprint density at radius 2 is 1.93 bits per heavy atom. The monoisotopic (exact) mass is 412 g/mol. The highest BCUT2D eigenvalue weighted by molar-refractivity contribution is 6.12. The summed E-state index contributed by atoms with van der Waals surface area (Å²) in [5, 5.41) is 2.71. The van der Waals surface area contributed by atoms with E-state index < -0.39 is 11.7 Å². The molecule has 0 bridgehead atoms. The number of hydrogen-bond acceptors (Lipinski definition) is 4. The van der Waals surface area contributed by atoms with Gasteiger partial charge in [-0.15, -0.1) is 0 Å². The van der Waals surface area contributed by atoms with Gasteiger partial charge < -0.3 is 10.2 Å². The van der Waals surface area contributed by atoms with Crippen LogP contribution in [0.2, 0.25) is 0 Å². The van der Waals surface area contributed by atoms with E-state index in [9.17, 15) is 13.6 Å². The Balaban J connectivity index is 1.43. The molecule has 2 aliphatic heterocycles. The molecule has 0 radical (unpaired) electrons. The van der Waals surface area contributed by atoms with Gasteiger partial charge >= 0.3 is 0 Å². The van der Waals surface area contributed by atoms with Crippen molar-refractivity contribution >= 4 is 29.2 Å². The number of fused-ring (bicyclic) bond motifs is 1. The smallest absolute Gasteiger partial charge is 0.237 e. The Kier molecular flexibility index (Phi) is 6.08. The highest BCUT2D eigenvalue weighted by Crippen LogP contribution is 2.33. The van der Waals surface area contributed by atoms with E-state index >= 15 is 0 Å². The second-order valence-electron chi connectivity index (χ2n) is 7.79. The minimum Gasteiger partial charge on any atom is -0.367 e. The molecule has 2 heterocycles. The highest BCUT2D eigenvalue weighted by Gasteiger charge is 2.29. The van der Waals surface area contributed by atoms with Gasteiger partial charge in [0.05, 0.1) is 11.4 Å². The summed E-state index contributed by atoms with van der Waals surface area (Å²) in [5.41, 5.74) is 2.13. The van der Waals surface area contributed by atoms with Gasteiger partial charge in [0.15, 0.2) is 0 Å². The molecule has 2 aromatic carbocycles. The van der Waals surface area contributed by atoms with Crippen LogP contribution in [0.15, 0.2) is 41.4 Å². The molecule has 1 unspecified atom stereocenters. The second-order valence-corrected chi connectivity index (χ2v) is 7.79. The van der Waals surface area contributed by atoms with Gasteiger partial charge in [-0.05, 0) is 48.9 Å². The molecule has 4 rings (SSSR count). The Bertz CT molecular complexity index is 954. The molecular weight excluding hydrogens is 386 g/mol. The van der Waals surface area contributed by atoms with Crippen molar-refractivity contribution in [2.45, 2.75) is 25.7 Å². The zero-order chi connectivity index (χ0) is 21.1. The van der Waals surface area contributed by atoms with E-state index in [0.717, 1.165) is 32.7 Å². The number of nitrogens with zero attached hydrogens (tertiary/aromatic N) is 3. The maximum Gasteiger partial charge on any atom is 0.237 e. The van der Waals surface area contributed by atoms with E-state index in [4.69, 9.17) is 0 Å².